The van der Waals surface area contributed by atoms with E-state index in [1.807, 2.05) is 19.9 Å². The van der Waals surface area contributed by atoms with Crippen LogP contribution in [-0.4, -0.2) is 22.2 Å². The van der Waals surface area contributed by atoms with Gasteiger partial charge < -0.3 is 14.5 Å². The number of hydrogen-bond donors (Lipinski definition) is 1. The molecule has 7 heteroatoms. The third-order valence-corrected chi connectivity index (χ3v) is 3.19. The van der Waals surface area contributed by atoms with Gasteiger partial charge in [-0.05, 0) is 44.2 Å². The van der Waals surface area contributed by atoms with E-state index in [4.69, 9.17) is 9.15 Å². The number of hydrogen-bond acceptors (Lipinski definition) is 5. The first-order valence-electron chi connectivity index (χ1n) is 7.69. The van der Waals surface area contributed by atoms with Crippen molar-refractivity contribution in [1.82, 2.24) is 10.2 Å². The normalized spacial score (nSPS) is 10.7. The Bertz CT molecular complexity index is 893. The first-order valence-corrected chi connectivity index (χ1v) is 7.69. The SMILES string of the molecule is CC(C)Oc1ccccc1NC(=O)c1nnc(-c2cccc(F)c2)o1. The molecule has 0 aliphatic rings. The van der Waals surface area contributed by atoms with Gasteiger partial charge in [0, 0.05) is 5.56 Å². The van der Waals surface area contributed by atoms with E-state index in [2.05, 4.69) is 15.5 Å². The number of ether oxygens (including phenoxy) is 1. The molecule has 3 aromatic rings. The molecule has 0 aliphatic heterocycles. The molecule has 3 rings (SSSR count). The predicted molar refractivity (Wildman–Crippen MR) is 89.9 cm³/mol. The molecule has 128 valence electrons. The summed E-state index contributed by atoms with van der Waals surface area (Å²) in [5.41, 5.74) is 0.891. The quantitative estimate of drug-likeness (QED) is 0.761. The van der Waals surface area contributed by atoms with Crippen molar-refractivity contribution in [2.24, 2.45) is 0 Å². The standard InChI is InChI=1S/C18H16FN3O3/c1-11(2)24-15-9-4-3-8-14(15)20-16(23)18-22-21-17(25-18)12-6-5-7-13(19)10-12/h3-11H,1-2H3,(H,20,23). The van der Waals surface area contributed by atoms with Crippen molar-refractivity contribution in [3.63, 3.8) is 0 Å². The molecule has 25 heavy (non-hydrogen) atoms. The molecule has 1 N–H and O–H groups in total. The van der Waals surface area contributed by atoms with Crippen LogP contribution in [-0.2, 0) is 0 Å². The summed E-state index contributed by atoms with van der Waals surface area (Å²) in [7, 11) is 0. The molecule has 0 unspecified atom stereocenters. The molecular weight excluding hydrogens is 325 g/mol. The summed E-state index contributed by atoms with van der Waals surface area (Å²) in [4.78, 5) is 12.3. The van der Waals surface area contributed by atoms with Gasteiger partial charge in [-0.25, -0.2) is 4.39 Å². The van der Waals surface area contributed by atoms with Gasteiger partial charge in [0.2, 0.25) is 5.89 Å². The van der Waals surface area contributed by atoms with Crippen LogP contribution in [0.2, 0.25) is 0 Å². The number of nitrogens with zero attached hydrogens (tertiary/aromatic N) is 2. The second-order valence-electron chi connectivity index (χ2n) is 5.54. The van der Waals surface area contributed by atoms with Gasteiger partial charge in [-0.2, -0.15) is 0 Å². The van der Waals surface area contributed by atoms with E-state index in [0.29, 0.717) is 17.0 Å². The maximum absolute atomic E-state index is 13.3. The molecule has 0 saturated heterocycles. The van der Waals surface area contributed by atoms with Crippen LogP contribution in [0, 0.1) is 5.82 Å². The first kappa shape index (κ1) is 16.6. The van der Waals surface area contributed by atoms with Crippen molar-refractivity contribution in [3.8, 4) is 17.2 Å². The summed E-state index contributed by atoms with van der Waals surface area (Å²) in [6, 6.07) is 12.7. The molecule has 1 amide bonds. The van der Waals surface area contributed by atoms with Crippen LogP contribution in [0.1, 0.15) is 24.5 Å². The van der Waals surface area contributed by atoms with E-state index in [0.717, 1.165) is 0 Å². The number of benzene rings is 2. The maximum Gasteiger partial charge on any atom is 0.313 e. The molecule has 1 heterocycles. The van der Waals surface area contributed by atoms with Gasteiger partial charge in [0.25, 0.3) is 0 Å². The van der Waals surface area contributed by atoms with Crippen LogP contribution >= 0.6 is 0 Å². The van der Waals surface area contributed by atoms with Crippen LogP contribution in [0.5, 0.6) is 5.75 Å². The Balaban J connectivity index is 1.79. The fourth-order valence-electron chi connectivity index (χ4n) is 2.16. The lowest BCUT2D eigenvalue weighted by Gasteiger charge is -2.13. The molecule has 0 radical (unpaired) electrons. The summed E-state index contributed by atoms with van der Waals surface area (Å²) in [6.07, 6.45) is -0.0407. The Kier molecular flexibility index (Phi) is 4.74. The van der Waals surface area contributed by atoms with E-state index in [-0.39, 0.29) is 17.9 Å². The Morgan fingerprint density at radius 1 is 1.16 bits per heavy atom. The molecule has 0 saturated carbocycles. The third-order valence-electron chi connectivity index (χ3n) is 3.19. The third kappa shape index (κ3) is 4.00. The number of halogens is 1. The first-order chi connectivity index (χ1) is 12.0. The Morgan fingerprint density at radius 2 is 1.96 bits per heavy atom. The highest BCUT2D eigenvalue weighted by Crippen LogP contribution is 2.26. The second kappa shape index (κ2) is 7.12. The van der Waals surface area contributed by atoms with Gasteiger partial charge in [-0.1, -0.05) is 18.2 Å². The number of carbonyl (C=O) groups is 1. The fraction of sp³-hybridized carbons (Fsp3) is 0.167. The smallest absolute Gasteiger partial charge is 0.313 e. The highest BCUT2D eigenvalue weighted by Gasteiger charge is 2.18. The van der Waals surface area contributed by atoms with E-state index >= 15 is 0 Å². The summed E-state index contributed by atoms with van der Waals surface area (Å²) in [6.45, 7) is 3.78. The topological polar surface area (TPSA) is 77.2 Å². The van der Waals surface area contributed by atoms with E-state index in [1.54, 1.807) is 24.3 Å². The fourth-order valence-corrected chi connectivity index (χ4v) is 2.16. The lowest BCUT2D eigenvalue weighted by Crippen LogP contribution is -2.14. The number of para-hydroxylation sites is 2. The minimum Gasteiger partial charge on any atom is -0.489 e. The second-order valence-corrected chi connectivity index (χ2v) is 5.54. The Hall–Kier alpha value is -3.22. The minimum atomic E-state index is -0.574. The van der Waals surface area contributed by atoms with Crippen molar-refractivity contribution in [1.29, 1.82) is 0 Å². The number of rotatable bonds is 5. The van der Waals surface area contributed by atoms with E-state index in [1.165, 1.54) is 18.2 Å². The zero-order valence-electron chi connectivity index (χ0n) is 13.7. The highest BCUT2D eigenvalue weighted by molar-refractivity contribution is 6.01. The monoisotopic (exact) mass is 341 g/mol. The summed E-state index contributed by atoms with van der Waals surface area (Å²) >= 11 is 0. The number of carbonyl (C=O) groups excluding carboxylic acids is 1. The maximum atomic E-state index is 13.3. The van der Waals surface area contributed by atoms with Gasteiger partial charge >= 0.3 is 11.8 Å². The number of amides is 1. The Morgan fingerprint density at radius 3 is 2.72 bits per heavy atom. The van der Waals surface area contributed by atoms with E-state index < -0.39 is 11.7 Å². The molecule has 0 aliphatic carbocycles. The molecule has 0 bridgehead atoms. The predicted octanol–water partition coefficient (Wildman–Crippen LogP) is 3.92. The average Bonchev–Trinajstić information content (AvgIpc) is 3.06. The van der Waals surface area contributed by atoms with Gasteiger partial charge in [0.05, 0.1) is 11.8 Å². The van der Waals surface area contributed by atoms with Crippen LogP contribution in [0.4, 0.5) is 10.1 Å². The molecule has 1 aromatic heterocycles. The van der Waals surface area contributed by atoms with E-state index in [9.17, 15) is 9.18 Å². The largest absolute Gasteiger partial charge is 0.489 e. The number of nitrogens with one attached hydrogen (secondary N) is 1. The molecule has 0 spiro atoms. The highest BCUT2D eigenvalue weighted by atomic mass is 19.1. The lowest BCUT2D eigenvalue weighted by molar-refractivity contribution is 0.0990. The average molecular weight is 341 g/mol. The molecule has 6 nitrogen and oxygen atoms in total. The lowest BCUT2D eigenvalue weighted by atomic mass is 10.2. The van der Waals surface area contributed by atoms with Crippen molar-refractivity contribution >= 4 is 11.6 Å². The minimum absolute atomic E-state index is 0.0407. The van der Waals surface area contributed by atoms with Crippen molar-refractivity contribution in [3.05, 3.63) is 60.2 Å². The van der Waals surface area contributed by atoms with Gasteiger partial charge in [-0.15, -0.1) is 10.2 Å². The van der Waals surface area contributed by atoms with Crippen LogP contribution < -0.4 is 10.1 Å². The molecular formula is C18H16FN3O3. The zero-order valence-corrected chi connectivity index (χ0v) is 13.7. The molecule has 0 fully saturated rings. The van der Waals surface area contributed by atoms with Crippen molar-refractivity contribution in [2.45, 2.75) is 20.0 Å². The van der Waals surface area contributed by atoms with Crippen LogP contribution in [0.25, 0.3) is 11.5 Å². The molecule has 2 aromatic carbocycles. The number of anilines is 1. The van der Waals surface area contributed by atoms with Crippen molar-refractivity contribution < 1.29 is 18.3 Å². The van der Waals surface area contributed by atoms with Gasteiger partial charge in [-0.3, -0.25) is 4.79 Å². The summed E-state index contributed by atoms with van der Waals surface area (Å²) in [5.74, 6) is -0.623. The summed E-state index contributed by atoms with van der Waals surface area (Å²) < 4.78 is 24.3. The van der Waals surface area contributed by atoms with Gasteiger partial charge in [0.1, 0.15) is 11.6 Å². The zero-order chi connectivity index (χ0) is 17.8. The number of aromatic nitrogens is 2. The Labute approximate surface area is 143 Å². The molecule has 0 atom stereocenters. The van der Waals surface area contributed by atoms with Gasteiger partial charge in [0.15, 0.2) is 0 Å². The summed E-state index contributed by atoms with van der Waals surface area (Å²) in [5, 5.41) is 10.2. The van der Waals surface area contributed by atoms with Crippen molar-refractivity contribution in [2.75, 3.05) is 5.32 Å². The van der Waals surface area contributed by atoms with Crippen LogP contribution in [0.3, 0.4) is 0 Å². The van der Waals surface area contributed by atoms with Crippen LogP contribution in [0.15, 0.2) is 52.9 Å².